The summed E-state index contributed by atoms with van der Waals surface area (Å²) >= 11 is 0. The van der Waals surface area contributed by atoms with Gasteiger partial charge in [-0.3, -0.25) is 9.05 Å². The number of ether oxygens (including phenoxy) is 2. The summed E-state index contributed by atoms with van der Waals surface area (Å²) in [7, 11) is -4.96. The molecule has 7 atom stereocenters. The molecule has 2 aromatic heterocycles. The van der Waals surface area contributed by atoms with Crippen LogP contribution >= 0.6 is 7.82 Å². The van der Waals surface area contributed by atoms with Crippen LogP contribution in [0.1, 0.15) is 139 Å². The molecule has 0 bridgehead atoms. The number of aliphatic hydroxyl groups excluding tert-OH is 1. The Morgan fingerprint density at radius 2 is 1.62 bits per heavy atom. The van der Waals surface area contributed by atoms with Crippen molar-refractivity contribution in [2.75, 3.05) is 12.3 Å². The van der Waals surface area contributed by atoms with Crippen LogP contribution in [0, 0.1) is 28.5 Å². The van der Waals surface area contributed by atoms with E-state index in [1.165, 1.54) is 100 Å². The van der Waals surface area contributed by atoms with Crippen LogP contribution in [0.15, 0.2) is 36.7 Å². The third kappa shape index (κ3) is 10.5. The number of nitrogen functional groups attached to an aromatic ring is 1. The van der Waals surface area contributed by atoms with Crippen LogP contribution in [0.5, 0.6) is 0 Å². The lowest BCUT2D eigenvalue weighted by Crippen LogP contribution is -2.35. The molecule has 1 aromatic carbocycles. The molecule has 2 fully saturated rings. The van der Waals surface area contributed by atoms with Gasteiger partial charge in [-0.05, 0) is 42.3 Å². The quantitative estimate of drug-likeness (QED) is 0.0457. The van der Waals surface area contributed by atoms with E-state index in [0.717, 1.165) is 31.7 Å². The number of anilines is 1. The largest absolute Gasteiger partial charge is 0.472 e. The number of benzene rings is 1. The molecule has 0 spiro atoms. The number of nitrogens with zero attached hydrogens (tertiary/aromatic N) is 5. The maximum Gasteiger partial charge on any atom is 0.472 e. The minimum Gasteiger partial charge on any atom is -0.387 e. The van der Waals surface area contributed by atoms with E-state index in [1.54, 1.807) is 12.1 Å². The Bertz CT molecular complexity index is 1870. The minimum atomic E-state index is -4.96. The molecule has 1 saturated carbocycles. The highest BCUT2D eigenvalue weighted by molar-refractivity contribution is 7.47. The van der Waals surface area contributed by atoms with Crippen LogP contribution in [0.3, 0.4) is 0 Å². The van der Waals surface area contributed by atoms with Crippen LogP contribution in [0.2, 0.25) is 0 Å². The SMILES string of the molecule is CCCCCCCCCCCCCCCCCC[C@H](COP(=O)(O)O[C@H]1[C@]2(O)[C@@H](O)[C@@H](c3ccc4c(N)ncnn34)O[C@]12C#N)OCc1cc(F)cc(C#N)c1. The number of halogens is 1. The molecule has 2 aliphatic rings. The predicted molar refractivity (Wildman–Crippen MR) is 205 cm³/mol. The molecule has 3 heterocycles. The fourth-order valence-corrected chi connectivity index (χ4v) is 8.67. The monoisotopic (exact) mass is 798 g/mol. The number of rotatable bonds is 26. The molecule has 16 heteroatoms. The molecule has 1 saturated heterocycles. The van der Waals surface area contributed by atoms with E-state index in [0.29, 0.717) is 17.5 Å². The third-order valence-corrected chi connectivity index (χ3v) is 11.9. The summed E-state index contributed by atoms with van der Waals surface area (Å²) in [4.78, 5) is 14.7. The van der Waals surface area contributed by atoms with Crippen molar-refractivity contribution in [3.05, 3.63) is 59.3 Å². The van der Waals surface area contributed by atoms with Gasteiger partial charge in [0, 0.05) is 0 Å². The van der Waals surface area contributed by atoms with Gasteiger partial charge in [-0.25, -0.2) is 18.5 Å². The average Bonchev–Trinajstić information content (AvgIpc) is 3.41. The van der Waals surface area contributed by atoms with Crippen molar-refractivity contribution in [1.82, 2.24) is 14.6 Å². The maximum absolute atomic E-state index is 14.1. The van der Waals surface area contributed by atoms with Crippen LogP contribution in [0.4, 0.5) is 10.2 Å². The zero-order valence-electron chi connectivity index (χ0n) is 32.2. The number of fused-ring (bicyclic) bond motifs is 2. The highest BCUT2D eigenvalue weighted by Gasteiger charge is 2.90. The van der Waals surface area contributed by atoms with Crippen molar-refractivity contribution >= 4 is 19.2 Å². The Labute approximate surface area is 328 Å². The fourth-order valence-electron chi connectivity index (χ4n) is 7.68. The van der Waals surface area contributed by atoms with Gasteiger partial charge in [-0.1, -0.05) is 110 Å². The zero-order valence-corrected chi connectivity index (χ0v) is 33.1. The minimum absolute atomic E-state index is 0.0811. The van der Waals surface area contributed by atoms with Gasteiger partial charge >= 0.3 is 7.82 Å². The van der Waals surface area contributed by atoms with E-state index in [9.17, 15) is 34.6 Å². The molecule has 14 nitrogen and oxygen atoms in total. The van der Waals surface area contributed by atoms with Gasteiger partial charge in [0.05, 0.1) is 36.6 Å². The summed E-state index contributed by atoms with van der Waals surface area (Å²) in [6, 6.07) is 10.7. The van der Waals surface area contributed by atoms with Crippen molar-refractivity contribution in [3.8, 4) is 12.1 Å². The average molecular weight is 799 g/mol. The van der Waals surface area contributed by atoms with E-state index < -0.39 is 55.9 Å². The molecular formula is C40H56FN6O8P. The van der Waals surface area contributed by atoms with E-state index in [-0.39, 0.29) is 23.7 Å². The second-order valence-corrected chi connectivity index (χ2v) is 16.5. The molecule has 1 aliphatic carbocycles. The Morgan fingerprint density at radius 3 is 2.21 bits per heavy atom. The number of hydrogen-bond donors (Lipinski definition) is 4. The van der Waals surface area contributed by atoms with Crippen LogP contribution in [0.25, 0.3) is 5.52 Å². The van der Waals surface area contributed by atoms with Gasteiger partial charge in [0.15, 0.2) is 17.5 Å². The van der Waals surface area contributed by atoms with Gasteiger partial charge in [0.1, 0.15) is 35.9 Å². The number of phosphoric ester groups is 1. The summed E-state index contributed by atoms with van der Waals surface area (Å²) in [6.07, 6.45) is 15.7. The Hall–Kier alpha value is -3.50. The van der Waals surface area contributed by atoms with E-state index in [1.807, 2.05) is 12.1 Å². The second-order valence-electron chi connectivity index (χ2n) is 15.1. The number of unbranched alkanes of at least 4 members (excludes halogenated alkanes) is 15. The number of nitrogens with two attached hydrogens (primary N) is 1. The summed E-state index contributed by atoms with van der Waals surface area (Å²) < 4.78 is 51.1. The molecule has 1 aliphatic heterocycles. The van der Waals surface area contributed by atoms with Gasteiger partial charge in [0.2, 0.25) is 5.60 Å². The van der Waals surface area contributed by atoms with E-state index in [4.69, 9.17) is 24.3 Å². The van der Waals surface area contributed by atoms with Crippen molar-refractivity contribution in [2.24, 2.45) is 0 Å². The smallest absolute Gasteiger partial charge is 0.387 e. The summed E-state index contributed by atoms with van der Waals surface area (Å²) in [5, 5.41) is 46.0. The van der Waals surface area contributed by atoms with Crippen molar-refractivity contribution in [3.63, 3.8) is 0 Å². The number of aliphatic hydroxyl groups is 2. The van der Waals surface area contributed by atoms with Gasteiger partial charge in [0.25, 0.3) is 0 Å². The lowest BCUT2D eigenvalue weighted by atomic mass is 10.0. The molecule has 0 radical (unpaired) electrons. The highest BCUT2D eigenvalue weighted by atomic mass is 31.2. The van der Waals surface area contributed by atoms with Gasteiger partial charge in [-0.2, -0.15) is 15.6 Å². The highest BCUT2D eigenvalue weighted by Crippen LogP contribution is 2.68. The van der Waals surface area contributed by atoms with Crippen LogP contribution in [-0.2, 0) is 29.7 Å². The Kier molecular flexibility index (Phi) is 15.8. The first kappa shape index (κ1) is 43.6. The number of hydrogen-bond acceptors (Lipinski definition) is 12. The molecular weight excluding hydrogens is 742 g/mol. The van der Waals surface area contributed by atoms with Crippen molar-refractivity contribution < 1.29 is 42.6 Å². The number of nitriles is 2. The predicted octanol–water partition coefficient (Wildman–Crippen LogP) is 7.50. The van der Waals surface area contributed by atoms with E-state index in [2.05, 4.69) is 17.0 Å². The summed E-state index contributed by atoms with van der Waals surface area (Å²) in [5.41, 5.74) is 2.59. The van der Waals surface area contributed by atoms with Gasteiger partial charge < -0.3 is 30.3 Å². The third-order valence-electron chi connectivity index (χ3n) is 10.9. The second kappa shape index (κ2) is 20.3. The topological polar surface area (TPSA) is 218 Å². The van der Waals surface area contributed by atoms with Crippen LogP contribution < -0.4 is 5.73 Å². The summed E-state index contributed by atoms with van der Waals surface area (Å²) in [5.74, 6) is -0.424. The first-order chi connectivity index (χ1) is 27.0. The zero-order chi connectivity index (χ0) is 40.2. The number of aromatic nitrogens is 3. The molecule has 5 rings (SSSR count). The fraction of sp³-hybridized carbons (Fsp3) is 0.650. The summed E-state index contributed by atoms with van der Waals surface area (Å²) in [6.45, 7) is 1.76. The lowest BCUT2D eigenvalue weighted by Gasteiger charge is -2.24. The molecule has 1 unspecified atom stereocenters. The Balaban J connectivity index is 1.08. The number of phosphoric acid groups is 1. The van der Waals surface area contributed by atoms with Crippen molar-refractivity contribution in [1.29, 1.82) is 10.5 Å². The van der Waals surface area contributed by atoms with E-state index >= 15 is 0 Å². The molecule has 0 amide bonds. The molecule has 3 aromatic rings. The molecule has 56 heavy (non-hydrogen) atoms. The molecule has 5 N–H and O–H groups in total. The van der Waals surface area contributed by atoms with Gasteiger partial charge in [-0.15, -0.1) is 0 Å². The van der Waals surface area contributed by atoms with Crippen molar-refractivity contribution in [2.45, 2.75) is 158 Å². The normalized spacial score (nSPS) is 24.4. The maximum atomic E-state index is 14.1. The first-order valence-electron chi connectivity index (χ1n) is 20.0. The first-order valence-corrected chi connectivity index (χ1v) is 21.5. The standard InChI is InChI=1S/C40H56FN6O8P/c1-2-3-4-5-6-7-8-9-10-11-12-13-14-15-16-17-18-32(52-25-30-21-29(24-42)22-31(41)23-30)26-53-56(50,51)55-38-39(27-43)40(38,49)36(48)35(54-39)33-19-20-34-37(44)45-28-46-47(33)34/h19-23,28,32,35-36,38,48-49H,2-18,25-26H2,1H3,(H,50,51)(H2,44,45,46)/t32-,35-,36+,38-,39-,40-/m1/s1. The Morgan fingerprint density at radius 1 is 1.00 bits per heavy atom. The lowest BCUT2D eigenvalue weighted by molar-refractivity contribution is -0.0769. The van der Waals surface area contributed by atoms with Crippen LogP contribution in [-0.4, -0.2) is 65.8 Å². The molecule has 306 valence electrons.